The van der Waals surface area contributed by atoms with Crippen LogP contribution in [0.5, 0.6) is 5.75 Å². The van der Waals surface area contributed by atoms with Crippen molar-refractivity contribution in [2.75, 3.05) is 19.5 Å². The summed E-state index contributed by atoms with van der Waals surface area (Å²) in [5.74, 6) is 2.51. The zero-order chi connectivity index (χ0) is 19.5. The first-order chi connectivity index (χ1) is 13.7. The first-order valence-electron chi connectivity index (χ1n) is 8.82. The number of nitrogens with zero attached hydrogens (tertiary/aromatic N) is 5. The molecule has 4 rings (SSSR count). The molecule has 28 heavy (non-hydrogen) atoms. The second-order valence-corrected chi connectivity index (χ2v) is 6.28. The molecule has 1 N–H and O–H groups in total. The van der Waals surface area contributed by atoms with Crippen LogP contribution < -0.4 is 10.1 Å². The molecule has 0 aliphatic carbocycles. The molecule has 0 fully saturated rings. The smallest absolute Gasteiger partial charge is 0.278 e. The molecule has 8 nitrogen and oxygen atoms in total. The summed E-state index contributed by atoms with van der Waals surface area (Å²) in [6, 6.07) is 13.4. The Labute approximate surface area is 162 Å². The van der Waals surface area contributed by atoms with Crippen molar-refractivity contribution < 1.29 is 9.26 Å². The summed E-state index contributed by atoms with van der Waals surface area (Å²) in [6.07, 6.45) is 1.83. The summed E-state index contributed by atoms with van der Waals surface area (Å²) in [5.41, 5.74) is 3.55. The maximum Gasteiger partial charge on any atom is 0.278 e. The van der Waals surface area contributed by atoms with E-state index in [0.29, 0.717) is 24.0 Å². The Balaban J connectivity index is 1.55. The molecule has 0 saturated heterocycles. The molecule has 0 amide bonds. The van der Waals surface area contributed by atoms with E-state index in [9.17, 15) is 0 Å². The zero-order valence-corrected chi connectivity index (χ0v) is 15.9. The van der Waals surface area contributed by atoms with Crippen LogP contribution in [0.2, 0.25) is 0 Å². The van der Waals surface area contributed by atoms with Crippen LogP contribution in [0.1, 0.15) is 11.3 Å². The zero-order valence-electron chi connectivity index (χ0n) is 15.9. The fourth-order valence-corrected chi connectivity index (χ4v) is 2.80. The molecule has 4 aromatic rings. The number of ether oxygens (including phenoxy) is 1. The van der Waals surface area contributed by atoms with E-state index < -0.39 is 0 Å². The second-order valence-electron chi connectivity index (χ2n) is 6.28. The number of hydrogen-bond acceptors (Lipinski definition) is 7. The van der Waals surface area contributed by atoms with Crippen LogP contribution in [-0.4, -0.2) is 39.1 Å². The van der Waals surface area contributed by atoms with Crippen molar-refractivity contribution in [1.82, 2.24) is 24.9 Å². The summed E-state index contributed by atoms with van der Waals surface area (Å²) in [4.78, 5) is 8.81. The van der Waals surface area contributed by atoms with Crippen LogP contribution in [0.4, 0.5) is 5.82 Å². The number of hydrogen-bond donors (Lipinski definition) is 1. The van der Waals surface area contributed by atoms with Crippen molar-refractivity contribution in [3.05, 3.63) is 59.9 Å². The highest BCUT2D eigenvalue weighted by atomic mass is 16.5. The van der Waals surface area contributed by atoms with Gasteiger partial charge in [0.2, 0.25) is 5.82 Å². The maximum atomic E-state index is 5.42. The molecule has 0 unspecified atom stereocenters. The summed E-state index contributed by atoms with van der Waals surface area (Å²) in [5, 5.41) is 11.7. The molecule has 142 valence electrons. The highest BCUT2D eigenvalue weighted by Gasteiger charge is 2.15. The van der Waals surface area contributed by atoms with Crippen molar-refractivity contribution in [2.24, 2.45) is 0 Å². The lowest BCUT2D eigenvalue weighted by Crippen LogP contribution is -2.04. The average Bonchev–Trinajstić information content (AvgIpc) is 3.36. The minimum absolute atomic E-state index is 0.385. The molecular weight excluding hydrogens is 356 g/mol. The Kier molecular flexibility index (Phi) is 4.76. The molecule has 0 aliphatic rings. The molecule has 0 bridgehead atoms. The van der Waals surface area contributed by atoms with E-state index in [-0.39, 0.29) is 0 Å². The van der Waals surface area contributed by atoms with E-state index in [1.54, 1.807) is 7.11 Å². The van der Waals surface area contributed by atoms with E-state index in [1.807, 2.05) is 67.3 Å². The van der Waals surface area contributed by atoms with E-state index in [2.05, 4.69) is 25.5 Å². The number of anilines is 1. The SMILES string of the molecule is CNc1ccc(Cn2nc(-c3nc(-c4ccc(OC)cc4)no3)cc2C)cn1. The van der Waals surface area contributed by atoms with Gasteiger partial charge in [-0.3, -0.25) is 4.68 Å². The molecule has 8 heteroatoms. The third kappa shape index (κ3) is 3.57. The first-order valence-corrected chi connectivity index (χ1v) is 8.82. The molecule has 1 aromatic carbocycles. The Bertz CT molecular complexity index is 1070. The van der Waals surface area contributed by atoms with Gasteiger partial charge in [0, 0.05) is 24.5 Å². The van der Waals surface area contributed by atoms with Crippen LogP contribution in [0.25, 0.3) is 23.0 Å². The van der Waals surface area contributed by atoms with Crippen molar-refractivity contribution >= 4 is 5.82 Å². The molecule has 0 radical (unpaired) electrons. The quantitative estimate of drug-likeness (QED) is 0.551. The van der Waals surface area contributed by atoms with Gasteiger partial charge in [0.25, 0.3) is 5.89 Å². The third-order valence-electron chi connectivity index (χ3n) is 4.39. The summed E-state index contributed by atoms with van der Waals surface area (Å²) < 4.78 is 12.5. The van der Waals surface area contributed by atoms with Gasteiger partial charge in [0.15, 0.2) is 5.69 Å². The van der Waals surface area contributed by atoms with Crippen LogP contribution in [-0.2, 0) is 6.54 Å². The molecule has 3 heterocycles. The first kappa shape index (κ1) is 17.7. The van der Waals surface area contributed by atoms with E-state index >= 15 is 0 Å². The van der Waals surface area contributed by atoms with Gasteiger partial charge in [-0.2, -0.15) is 10.1 Å². The number of benzene rings is 1. The van der Waals surface area contributed by atoms with Gasteiger partial charge >= 0.3 is 0 Å². The van der Waals surface area contributed by atoms with Crippen LogP contribution in [0.3, 0.4) is 0 Å². The van der Waals surface area contributed by atoms with E-state index in [4.69, 9.17) is 9.26 Å². The third-order valence-corrected chi connectivity index (χ3v) is 4.39. The number of aromatic nitrogens is 5. The highest BCUT2D eigenvalue weighted by molar-refractivity contribution is 5.58. The van der Waals surface area contributed by atoms with Gasteiger partial charge in [0.1, 0.15) is 11.6 Å². The second kappa shape index (κ2) is 7.51. The number of methoxy groups -OCH3 is 1. The van der Waals surface area contributed by atoms with Gasteiger partial charge in [-0.25, -0.2) is 4.98 Å². The fraction of sp³-hybridized carbons (Fsp3) is 0.200. The number of pyridine rings is 1. The Morgan fingerprint density at radius 3 is 2.64 bits per heavy atom. The summed E-state index contributed by atoms with van der Waals surface area (Å²) >= 11 is 0. The average molecular weight is 376 g/mol. The molecule has 3 aromatic heterocycles. The number of rotatable bonds is 6. The van der Waals surface area contributed by atoms with Crippen LogP contribution >= 0.6 is 0 Å². The van der Waals surface area contributed by atoms with Crippen molar-refractivity contribution in [1.29, 1.82) is 0 Å². The van der Waals surface area contributed by atoms with Crippen molar-refractivity contribution in [3.63, 3.8) is 0 Å². The summed E-state index contributed by atoms with van der Waals surface area (Å²) in [6.45, 7) is 2.61. The predicted octanol–water partition coefficient (Wildman–Crippen LogP) is 3.40. The standard InChI is InChI=1S/C20H20N6O2/c1-13-10-17(24-26(13)12-14-4-9-18(21-2)22-11-14)20-23-19(25-28-20)15-5-7-16(27-3)8-6-15/h4-11H,12H2,1-3H3,(H,21,22). The predicted molar refractivity (Wildman–Crippen MR) is 105 cm³/mol. The lowest BCUT2D eigenvalue weighted by Gasteiger charge is -2.05. The van der Waals surface area contributed by atoms with E-state index in [0.717, 1.165) is 28.4 Å². The topological polar surface area (TPSA) is 90.9 Å². The Hall–Kier alpha value is -3.68. The van der Waals surface area contributed by atoms with Gasteiger partial charge in [-0.15, -0.1) is 0 Å². The van der Waals surface area contributed by atoms with Crippen molar-refractivity contribution in [2.45, 2.75) is 13.5 Å². The number of aryl methyl sites for hydroxylation is 1. The van der Waals surface area contributed by atoms with Gasteiger partial charge in [0.05, 0.1) is 13.7 Å². The molecular formula is C20H20N6O2. The molecule has 0 aliphatic heterocycles. The summed E-state index contributed by atoms with van der Waals surface area (Å²) in [7, 11) is 3.47. The molecule has 0 atom stereocenters. The Morgan fingerprint density at radius 2 is 1.96 bits per heavy atom. The molecule has 0 saturated carbocycles. The number of nitrogens with one attached hydrogen (secondary N) is 1. The lowest BCUT2D eigenvalue weighted by molar-refractivity contribution is 0.414. The van der Waals surface area contributed by atoms with Crippen molar-refractivity contribution in [3.8, 4) is 28.7 Å². The van der Waals surface area contributed by atoms with Gasteiger partial charge in [-0.1, -0.05) is 11.2 Å². The molecule has 0 spiro atoms. The van der Waals surface area contributed by atoms with Crippen LogP contribution in [0.15, 0.2) is 53.2 Å². The highest BCUT2D eigenvalue weighted by Crippen LogP contribution is 2.24. The fourth-order valence-electron chi connectivity index (χ4n) is 2.80. The normalized spacial score (nSPS) is 10.8. The minimum atomic E-state index is 0.385. The maximum absolute atomic E-state index is 5.42. The largest absolute Gasteiger partial charge is 0.497 e. The Morgan fingerprint density at radius 1 is 1.14 bits per heavy atom. The minimum Gasteiger partial charge on any atom is -0.497 e. The lowest BCUT2D eigenvalue weighted by atomic mass is 10.2. The monoisotopic (exact) mass is 376 g/mol. The van der Waals surface area contributed by atoms with Gasteiger partial charge < -0.3 is 14.6 Å². The van der Waals surface area contributed by atoms with E-state index in [1.165, 1.54) is 0 Å². The van der Waals surface area contributed by atoms with Gasteiger partial charge in [-0.05, 0) is 48.9 Å². The van der Waals surface area contributed by atoms with Crippen LogP contribution in [0, 0.1) is 6.92 Å².